The third-order valence-corrected chi connectivity index (χ3v) is 4.43. The Balaban J connectivity index is 0.000000511. The zero-order chi connectivity index (χ0) is 15.9. The molecule has 20 heavy (non-hydrogen) atoms. The van der Waals surface area contributed by atoms with Gasteiger partial charge in [0.25, 0.3) is 0 Å². The molecule has 1 aliphatic heterocycles. The first kappa shape index (κ1) is 19.3. The lowest BCUT2D eigenvalue weighted by atomic mass is 10.0. The van der Waals surface area contributed by atoms with E-state index in [-0.39, 0.29) is 5.54 Å². The largest absolute Gasteiger partial charge is 0.726 e. The molecule has 8 heteroatoms. The van der Waals surface area contributed by atoms with Crippen LogP contribution in [0.2, 0.25) is 0 Å². The number of rotatable bonds is 3. The minimum Gasteiger partial charge on any atom is -0.726 e. The van der Waals surface area contributed by atoms with Crippen molar-refractivity contribution in [2.24, 2.45) is 5.16 Å². The van der Waals surface area contributed by atoms with Crippen LogP contribution in [-0.2, 0) is 14.6 Å². The second-order valence-electron chi connectivity index (χ2n) is 5.73. The minimum atomic E-state index is -4.41. The third kappa shape index (κ3) is 6.65. The Hall–Kier alpha value is -0.700. The topological polar surface area (TPSA) is 99.0 Å². The number of oxime groups is 1. The molecular weight excluding hydrogens is 284 g/mol. The molecule has 0 radical (unpaired) electrons. The molecule has 1 saturated heterocycles. The van der Waals surface area contributed by atoms with Gasteiger partial charge in [0.15, 0.2) is 0 Å². The molecule has 0 aromatic heterocycles. The molecule has 0 aromatic rings. The van der Waals surface area contributed by atoms with Crippen molar-refractivity contribution in [2.75, 3.05) is 27.2 Å². The zero-order valence-corrected chi connectivity index (χ0v) is 13.5. The van der Waals surface area contributed by atoms with E-state index in [0.29, 0.717) is 0 Å². The third-order valence-electron chi connectivity index (χ3n) is 4.02. The maximum atomic E-state index is 9.22. The Labute approximate surface area is 121 Å². The Kier molecular flexibility index (Phi) is 7.64. The normalized spacial score (nSPS) is 20.1. The standard InChI is InChI=1S/C11H22N2O.CH4O4S/c1-11(2,10-12-14)13(3)8-6-4-5-7-9-13;1-5-6(2,3)4/h10H,4-9H2,1-3H3;1H3,(H,2,3,4). The van der Waals surface area contributed by atoms with Gasteiger partial charge >= 0.3 is 0 Å². The van der Waals surface area contributed by atoms with Gasteiger partial charge in [-0.3, -0.25) is 4.18 Å². The maximum absolute atomic E-state index is 9.22. The summed E-state index contributed by atoms with van der Waals surface area (Å²) in [5.41, 5.74) is -0.0565. The van der Waals surface area contributed by atoms with Gasteiger partial charge in [0.05, 0.1) is 27.2 Å². The van der Waals surface area contributed by atoms with Crippen LogP contribution in [0.15, 0.2) is 5.16 Å². The summed E-state index contributed by atoms with van der Waals surface area (Å²) in [7, 11) is -1.33. The van der Waals surface area contributed by atoms with Crippen LogP contribution in [0.5, 0.6) is 0 Å². The van der Waals surface area contributed by atoms with Gasteiger partial charge in [-0.1, -0.05) is 5.16 Å². The molecule has 1 heterocycles. The summed E-state index contributed by atoms with van der Waals surface area (Å²) >= 11 is 0. The molecule has 1 rings (SSSR count). The summed E-state index contributed by atoms with van der Waals surface area (Å²) in [6.07, 6.45) is 6.96. The van der Waals surface area contributed by atoms with Crippen LogP contribution >= 0.6 is 0 Å². The predicted molar refractivity (Wildman–Crippen MR) is 75.5 cm³/mol. The summed E-state index contributed by atoms with van der Waals surface area (Å²) in [6.45, 7) is 6.69. The van der Waals surface area contributed by atoms with Crippen molar-refractivity contribution in [3.05, 3.63) is 0 Å². The van der Waals surface area contributed by atoms with E-state index in [1.807, 2.05) is 0 Å². The van der Waals surface area contributed by atoms with Crippen LogP contribution in [-0.4, -0.2) is 61.7 Å². The van der Waals surface area contributed by atoms with Gasteiger partial charge in [-0.15, -0.1) is 0 Å². The lowest BCUT2D eigenvalue weighted by Crippen LogP contribution is -2.60. The Morgan fingerprint density at radius 2 is 1.65 bits per heavy atom. The van der Waals surface area contributed by atoms with E-state index >= 15 is 0 Å². The molecule has 0 saturated carbocycles. The predicted octanol–water partition coefficient (Wildman–Crippen LogP) is 1.34. The maximum Gasteiger partial charge on any atom is 0.217 e. The zero-order valence-electron chi connectivity index (χ0n) is 12.7. The van der Waals surface area contributed by atoms with Crippen LogP contribution in [0.1, 0.15) is 39.5 Å². The number of likely N-dealkylation sites (tertiary alicyclic amines) is 1. The molecule has 0 amide bonds. The van der Waals surface area contributed by atoms with Crippen LogP contribution in [0.4, 0.5) is 0 Å². The molecule has 1 aliphatic rings. The van der Waals surface area contributed by atoms with Gasteiger partial charge in [0.1, 0.15) is 11.8 Å². The molecule has 0 bridgehead atoms. The molecule has 0 atom stereocenters. The molecule has 0 spiro atoms. The molecule has 1 fully saturated rings. The van der Waals surface area contributed by atoms with E-state index in [0.717, 1.165) is 11.6 Å². The average molecular weight is 310 g/mol. The summed E-state index contributed by atoms with van der Waals surface area (Å²) in [6, 6.07) is 0. The van der Waals surface area contributed by atoms with Crippen molar-refractivity contribution >= 4 is 16.6 Å². The molecular formula is C12H26N2O5S. The SMILES string of the molecule is CC(C)(C=NO)[N+]1(C)CCCCCC1.COS(=O)(=O)[O-]. The van der Waals surface area contributed by atoms with Crippen LogP contribution in [0, 0.1) is 0 Å². The molecule has 0 aliphatic carbocycles. The van der Waals surface area contributed by atoms with Crippen molar-refractivity contribution in [1.29, 1.82) is 0 Å². The van der Waals surface area contributed by atoms with Gasteiger partial charge in [-0.25, -0.2) is 8.42 Å². The van der Waals surface area contributed by atoms with E-state index in [1.165, 1.54) is 38.8 Å². The van der Waals surface area contributed by atoms with Crippen molar-refractivity contribution in [1.82, 2.24) is 0 Å². The highest BCUT2D eigenvalue weighted by Crippen LogP contribution is 2.26. The molecule has 1 N–H and O–H groups in total. The van der Waals surface area contributed by atoms with E-state index in [9.17, 15) is 13.0 Å². The molecule has 7 nitrogen and oxygen atoms in total. The summed E-state index contributed by atoms with van der Waals surface area (Å²) in [5, 5.41) is 11.9. The van der Waals surface area contributed by atoms with E-state index < -0.39 is 10.4 Å². The minimum absolute atomic E-state index is 0.0565. The van der Waals surface area contributed by atoms with Crippen LogP contribution < -0.4 is 0 Å². The second-order valence-corrected chi connectivity index (χ2v) is 6.88. The fourth-order valence-electron chi connectivity index (χ4n) is 2.24. The fraction of sp³-hybridized carbons (Fsp3) is 0.917. The van der Waals surface area contributed by atoms with Gasteiger partial charge < -0.3 is 14.2 Å². The number of nitrogens with zero attached hydrogens (tertiary/aromatic N) is 2. The van der Waals surface area contributed by atoms with Gasteiger partial charge in [-0.05, 0) is 39.5 Å². The summed E-state index contributed by atoms with van der Waals surface area (Å²) < 4.78 is 32.0. The van der Waals surface area contributed by atoms with E-state index in [4.69, 9.17) is 5.21 Å². The smallest absolute Gasteiger partial charge is 0.217 e. The monoisotopic (exact) mass is 310 g/mol. The highest BCUT2D eigenvalue weighted by molar-refractivity contribution is 7.80. The van der Waals surface area contributed by atoms with E-state index in [2.05, 4.69) is 30.2 Å². The van der Waals surface area contributed by atoms with E-state index in [1.54, 1.807) is 6.21 Å². The Morgan fingerprint density at radius 3 is 1.95 bits per heavy atom. The summed E-state index contributed by atoms with van der Waals surface area (Å²) in [5.74, 6) is 0. The quantitative estimate of drug-likeness (QED) is 0.212. The number of quaternary nitrogens is 1. The summed E-state index contributed by atoms with van der Waals surface area (Å²) in [4.78, 5) is 0. The first-order valence-corrected chi connectivity index (χ1v) is 7.96. The second kappa shape index (κ2) is 7.92. The molecule has 0 aromatic carbocycles. The lowest BCUT2D eigenvalue weighted by molar-refractivity contribution is -0.942. The van der Waals surface area contributed by atoms with Crippen molar-refractivity contribution in [3.63, 3.8) is 0 Å². The average Bonchev–Trinajstić information content (AvgIpc) is 2.55. The Morgan fingerprint density at radius 1 is 1.25 bits per heavy atom. The fourth-order valence-corrected chi connectivity index (χ4v) is 2.24. The van der Waals surface area contributed by atoms with Crippen LogP contribution in [0.3, 0.4) is 0 Å². The highest BCUT2D eigenvalue weighted by atomic mass is 32.3. The number of hydrogen-bond acceptors (Lipinski definition) is 6. The van der Waals surface area contributed by atoms with Crippen molar-refractivity contribution in [2.45, 2.75) is 45.1 Å². The van der Waals surface area contributed by atoms with Crippen LogP contribution in [0.25, 0.3) is 0 Å². The lowest BCUT2D eigenvalue weighted by Gasteiger charge is -2.44. The van der Waals surface area contributed by atoms with Gasteiger partial charge in [0.2, 0.25) is 10.4 Å². The van der Waals surface area contributed by atoms with Crippen molar-refractivity contribution < 1.29 is 26.8 Å². The first-order valence-electron chi connectivity index (χ1n) is 6.63. The Bertz CT molecular complexity index is 398. The first-order chi connectivity index (χ1) is 9.08. The van der Waals surface area contributed by atoms with Gasteiger partial charge in [-0.2, -0.15) is 0 Å². The molecule has 0 unspecified atom stereocenters. The van der Waals surface area contributed by atoms with Crippen molar-refractivity contribution in [3.8, 4) is 0 Å². The van der Waals surface area contributed by atoms with Gasteiger partial charge in [0, 0.05) is 0 Å². The number of hydrogen-bond donors (Lipinski definition) is 1. The molecule has 120 valence electrons. The highest BCUT2D eigenvalue weighted by Gasteiger charge is 2.39.